The lowest BCUT2D eigenvalue weighted by Gasteiger charge is -2.37. The maximum absolute atomic E-state index is 14.5. The number of hydrogen-bond acceptors (Lipinski definition) is 5. The second kappa shape index (κ2) is 8.50. The fraction of sp³-hybridized carbons (Fsp3) is 0.129. The van der Waals surface area contributed by atoms with E-state index in [1.165, 1.54) is 11.3 Å². The van der Waals surface area contributed by atoms with Crippen molar-refractivity contribution in [3.05, 3.63) is 127 Å². The number of thiophene rings is 1. The summed E-state index contributed by atoms with van der Waals surface area (Å²) in [6.45, 7) is 0. The van der Waals surface area contributed by atoms with Gasteiger partial charge in [-0.2, -0.15) is 0 Å². The van der Waals surface area contributed by atoms with E-state index in [2.05, 4.69) is 0 Å². The van der Waals surface area contributed by atoms with Gasteiger partial charge in [0, 0.05) is 32.8 Å². The zero-order valence-corrected chi connectivity index (χ0v) is 22.1. The summed E-state index contributed by atoms with van der Waals surface area (Å²) in [6, 6.07) is 21.8. The standard InChI is InChI=1S/C31H19Cl2NO3S/c32-19-10-7-17(8-11-19)26-27(28(35)24-6-3-15-38-24)34-23-13-12-20(33)16-18(23)9-14-25(34)31(26)29(36)21-4-1-2-5-22(21)30(31)37/h1-16,25-27H/t25-,26-,27+/m0/s1. The van der Waals surface area contributed by atoms with Crippen molar-refractivity contribution in [3.8, 4) is 0 Å². The fourth-order valence-corrected chi connectivity index (χ4v) is 7.56. The largest absolute Gasteiger partial charge is 0.352 e. The number of fused-ring (bicyclic) bond motifs is 5. The van der Waals surface area contributed by atoms with Gasteiger partial charge in [-0.1, -0.05) is 77.8 Å². The summed E-state index contributed by atoms with van der Waals surface area (Å²) >= 11 is 13.9. The summed E-state index contributed by atoms with van der Waals surface area (Å²) in [5.74, 6) is -1.39. The first-order valence-electron chi connectivity index (χ1n) is 12.2. The second-order valence-electron chi connectivity index (χ2n) is 9.80. The molecular weight excluding hydrogens is 537 g/mol. The molecule has 3 aromatic carbocycles. The monoisotopic (exact) mass is 555 g/mol. The first-order chi connectivity index (χ1) is 18.4. The molecule has 7 heteroatoms. The van der Waals surface area contributed by atoms with E-state index in [9.17, 15) is 14.4 Å². The Morgan fingerprint density at radius 1 is 0.842 bits per heavy atom. The van der Waals surface area contributed by atoms with Crippen LogP contribution in [0.4, 0.5) is 5.69 Å². The number of hydrogen-bond donors (Lipinski definition) is 0. The second-order valence-corrected chi connectivity index (χ2v) is 11.6. The molecule has 2 aliphatic heterocycles. The summed E-state index contributed by atoms with van der Waals surface area (Å²) in [7, 11) is 0. The van der Waals surface area contributed by atoms with Gasteiger partial charge in [0.1, 0.15) is 11.5 Å². The number of carbonyl (C=O) groups is 3. The van der Waals surface area contributed by atoms with Crippen LogP contribution in [-0.2, 0) is 0 Å². The van der Waals surface area contributed by atoms with Crippen LogP contribution in [0.15, 0.2) is 90.3 Å². The van der Waals surface area contributed by atoms with Gasteiger partial charge in [-0.05, 0) is 52.9 Å². The van der Waals surface area contributed by atoms with Gasteiger partial charge >= 0.3 is 0 Å². The predicted octanol–water partition coefficient (Wildman–Crippen LogP) is 7.37. The Bertz CT molecular complexity index is 1640. The molecule has 1 aliphatic carbocycles. The molecule has 0 bridgehead atoms. The minimum atomic E-state index is -1.52. The van der Waals surface area contributed by atoms with Crippen molar-refractivity contribution < 1.29 is 14.4 Å². The van der Waals surface area contributed by atoms with E-state index in [4.69, 9.17) is 23.2 Å². The lowest BCUT2D eigenvalue weighted by molar-refractivity contribution is 0.0666. The molecule has 3 atom stereocenters. The van der Waals surface area contributed by atoms with Crippen LogP contribution < -0.4 is 4.90 Å². The van der Waals surface area contributed by atoms with E-state index in [1.807, 2.05) is 52.8 Å². The number of ketones is 3. The third-order valence-electron chi connectivity index (χ3n) is 8.03. The first kappa shape index (κ1) is 23.6. The predicted molar refractivity (Wildman–Crippen MR) is 151 cm³/mol. The lowest BCUT2D eigenvalue weighted by Crippen LogP contribution is -2.48. The highest BCUT2D eigenvalue weighted by Gasteiger charge is 2.71. The van der Waals surface area contributed by atoms with E-state index in [-0.39, 0.29) is 17.3 Å². The molecule has 0 unspecified atom stereocenters. The van der Waals surface area contributed by atoms with Crippen LogP contribution in [0.1, 0.15) is 47.4 Å². The third kappa shape index (κ3) is 3.07. The Morgan fingerprint density at radius 2 is 1.53 bits per heavy atom. The SMILES string of the molecule is O=C(c1cccs1)[C@H]1[C@H](c2ccc(Cl)cc2)C2(C(=O)c3ccccc3C2=O)[C@@H]2C=Cc3cc(Cl)ccc3N21. The smallest absolute Gasteiger partial charge is 0.195 e. The van der Waals surface area contributed by atoms with E-state index in [0.717, 1.165) is 16.8 Å². The van der Waals surface area contributed by atoms with E-state index < -0.39 is 23.4 Å². The van der Waals surface area contributed by atoms with E-state index in [0.29, 0.717) is 26.0 Å². The highest BCUT2D eigenvalue weighted by molar-refractivity contribution is 7.12. The molecule has 4 aromatic rings. The van der Waals surface area contributed by atoms with Crippen LogP contribution in [0.2, 0.25) is 10.0 Å². The first-order valence-corrected chi connectivity index (χ1v) is 13.8. The lowest BCUT2D eigenvalue weighted by atomic mass is 9.64. The minimum absolute atomic E-state index is 0.130. The topological polar surface area (TPSA) is 54.5 Å². The molecule has 38 heavy (non-hydrogen) atoms. The molecule has 186 valence electrons. The fourth-order valence-electron chi connectivity index (χ4n) is 6.56. The molecule has 1 spiro atoms. The van der Waals surface area contributed by atoms with Crippen LogP contribution in [0.25, 0.3) is 6.08 Å². The number of Topliss-reactive ketones (excluding diaryl/α,β-unsaturated/α-hetero) is 3. The molecular formula is C31H19Cl2NO3S. The Hall–Kier alpha value is -3.51. The number of rotatable bonds is 3. The van der Waals surface area contributed by atoms with Gasteiger partial charge in [0.15, 0.2) is 17.3 Å². The van der Waals surface area contributed by atoms with Gasteiger partial charge in [-0.25, -0.2) is 0 Å². The van der Waals surface area contributed by atoms with Gasteiger partial charge in [0.05, 0.1) is 10.9 Å². The zero-order chi connectivity index (χ0) is 26.2. The van der Waals surface area contributed by atoms with Gasteiger partial charge in [-0.15, -0.1) is 11.3 Å². The molecule has 0 radical (unpaired) electrons. The van der Waals surface area contributed by atoms with E-state index in [1.54, 1.807) is 48.5 Å². The molecule has 3 heterocycles. The highest BCUT2D eigenvalue weighted by atomic mass is 35.5. The van der Waals surface area contributed by atoms with Gasteiger partial charge in [0.2, 0.25) is 0 Å². The molecule has 7 rings (SSSR count). The van der Waals surface area contributed by atoms with Crippen molar-refractivity contribution in [1.82, 2.24) is 0 Å². The summed E-state index contributed by atoms with van der Waals surface area (Å²) in [5, 5.41) is 2.96. The van der Waals surface area contributed by atoms with E-state index >= 15 is 0 Å². The molecule has 0 amide bonds. The van der Waals surface area contributed by atoms with Crippen LogP contribution in [0.5, 0.6) is 0 Å². The average Bonchev–Trinajstić information content (AvgIpc) is 3.62. The molecule has 1 fully saturated rings. The van der Waals surface area contributed by atoms with Crippen LogP contribution in [0, 0.1) is 5.41 Å². The van der Waals surface area contributed by atoms with Gasteiger partial charge in [-0.3, -0.25) is 14.4 Å². The van der Waals surface area contributed by atoms with Crippen LogP contribution in [0.3, 0.4) is 0 Å². The maximum Gasteiger partial charge on any atom is 0.195 e. The molecule has 0 N–H and O–H groups in total. The Labute approximate surface area is 233 Å². The van der Waals surface area contributed by atoms with Crippen molar-refractivity contribution in [3.63, 3.8) is 0 Å². The zero-order valence-electron chi connectivity index (χ0n) is 19.8. The quantitative estimate of drug-likeness (QED) is 0.195. The molecule has 0 saturated carbocycles. The van der Waals surface area contributed by atoms with Crippen molar-refractivity contribution in [2.24, 2.45) is 5.41 Å². The van der Waals surface area contributed by atoms with Crippen molar-refractivity contribution in [2.75, 3.05) is 4.90 Å². The van der Waals surface area contributed by atoms with Crippen LogP contribution >= 0.6 is 34.5 Å². The number of anilines is 1. The van der Waals surface area contributed by atoms with Gasteiger partial charge < -0.3 is 4.90 Å². The normalized spacial score (nSPS) is 22.5. The molecule has 1 aromatic heterocycles. The van der Waals surface area contributed by atoms with Gasteiger partial charge in [0.25, 0.3) is 0 Å². The van der Waals surface area contributed by atoms with Crippen molar-refractivity contribution in [1.29, 1.82) is 0 Å². The summed E-state index contributed by atoms with van der Waals surface area (Å²) in [4.78, 5) is 46.0. The molecule has 3 aliphatic rings. The summed E-state index contributed by atoms with van der Waals surface area (Å²) < 4.78 is 0. The molecule has 4 nitrogen and oxygen atoms in total. The highest BCUT2D eigenvalue weighted by Crippen LogP contribution is 2.61. The Kier molecular flexibility index (Phi) is 5.28. The number of nitrogens with zero attached hydrogens (tertiary/aromatic N) is 1. The van der Waals surface area contributed by atoms with Crippen molar-refractivity contribution >= 4 is 63.7 Å². The Morgan fingerprint density at radius 3 is 2.18 bits per heavy atom. The third-order valence-corrected chi connectivity index (χ3v) is 9.40. The number of halogens is 2. The molecule has 1 saturated heterocycles. The van der Waals surface area contributed by atoms with Crippen LogP contribution in [-0.4, -0.2) is 29.4 Å². The summed E-state index contributed by atoms with van der Waals surface area (Å²) in [6.07, 6.45) is 3.80. The minimum Gasteiger partial charge on any atom is -0.352 e. The maximum atomic E-state index is 14.5. The Balaban J connectivity index is 1.56. The van der Waals surface area contributed by atoms with Crippen molar-refractivity contribution in [2.45, 2.75) is 18.0 Å². The number of benzene rings is 3. The average molecular weight is 556 g/mol. The summed E-state index contributed by atoms with van der Waals surface area (Å²) in [5.41, 5.74) is 1.59. The number of carbonyl (C=O) groups excluding carboxylic acids is 3.